The van der Waals surface area contributed by atoms with Crippen molar-refractivity contribution in [3.05, 3.63) is 38.3 Å². The topological polar surface area (TPSA) is 37.8 Å². The van der Waals surface area contributed by atoms with Crippen LogP contribution >= 0.6 is 38.5 Å². The van der Waals surface area contributed by atoms with Crippen LogP contribution in [0.5, 0.6) is 0 Å². The molecule has 2 rings (SSSR count). The highest BCUT2D eigenvalue weighted by Gasteiger charge is 2.10. The summed E-state index contributed by atoms with van der Waals surface area (Å²) in [6.07, 6.45) is 2.75. The van der Waals surface area contributed by atoms with Crippen LogP contribution in [0.2, 0.25) is 0 Å². The zero-order chi connectivity index (χ0) is 13.8. The van der Waals surface area contributed by atoms with Crippen LogP contribution in [0.25, 0.3) is 11.4 Å². The molecule has 0 saturated carbocycles. The molecule has 0 spiro atoms. The predicted octanol–water partition coefficient (Wildman–Crippen LogP) is 4.47. The number of hydrogen-bond donors (Lipinski definition) is 1. The molecule has 1 aromatic heterocycles. The highest BCUT2D eigenvalue weighted by Crippen LogP contribution is 2.28. The molecule has 1 heterocycles. The van der Waals surface area contributed by atoms with Gasteiger partial charge in [-0.3, -0.25) is 0 Å². The number of benzene rings is 1. The first-order valence-corrected chi connectivity index (χ1v) is 7.71. The summed E-state index contributed by atoms with van der Waals surface area (Å²) in [6, 6.07) is 4.48. The molecule has 0 amide bonds. The van der Waals surface area contributed by atoms with Crippen molar-refractivity contribution in [2.45, 2.75) is 13.3 Å². The molecule has 0 radical (unpaired) electrons. The molecular formula is C13H12BrFIN3. The molecule has 0 bridgehead atoms. The Kier molecular flexibility index (Phi) is 5.09. The summed E-state index contributed by atoms with van der Waals surface area (Å²) in [5.74, 6) is 0.984. The van der Waals surface area contributed by atoms with E-state index < -0.39 is 0 Å². The van der Waals surface area contributed by atoms with E-state index in [4.69, 9.17) is 0 Å². The molecule has 3 nitrogen and oxygen atoms in total. The minimum absolute atomic E-state index is 0.302. The minimum atomic E-state index is -0.302. The summed E-state index contributed by atoms with van der Waals surface area (Å²) in [6.45, 7) is 2.93. The van der Waals surface area contributed by atoms with Gasteiger partial charge in [0.15, 0.2) is 5.82 Å². The van der Waals surface area contributed by atoms with Crippen LogP contribution < -0.4 is 5.32 Å². The van der Waals surface area contributed by atoms with Crippen LogP contribution in [0.15, 0.2) is 28.9 Å². The molecule has 19 heavy (non-hydrogen) atoms. The quantitative estimate of drug-likeness (QED) is 0.720. The summed E-state index contributed by atoms with van der Waals surface area (Å²) in [4.78, 5) is 8.72. The number of aromatic nitrogens is 2. The Balaban J connectivity index is 2.42. The lowest BCUT2D eigenvalue weighted by atomic mass is 10.2. The van der Waals surface area contributed by atoms with Gasteiger partial charge in [0.25, 0.3) is 0 Å². The fraction of sp³-hybridized carbons (Fsp3) is 0.231. The average molecular weight is 436 g/mol. The first-order chi connectivity index (χ1) is 9.11. The summed E-state index contributed by atoms with van der Waals surface area (Å²) in [7, 11) is 0. The number of halogens is 3. The zero-order valence-corrected chi connectivity index (χ0v) is 14.0. The van der Waals surface area contributed by atoms with Crippen molar-refractivity contribution in [3.63, 3.8) is 0 Å². The second-order valence-electron chi connectivity index (χ2n) is 3.94. The summed E-state index contributed by atoms with van der Waals surface area (Å²) in [5.41, 5.74) is 0.649. The molecular weight excluding hydrogens is 424 g/mol. The van der Waals surface area contributed by atoms with Crippen LogP contribution in [-0.2, 0) is 0 Å². The van der Waals surface area contributed by atoms with E-state index in [-0.39, 0.29) is 5.82 Å². The van der Waals surface area contributed by atoms with Crippen molar-refractivity contribution in [1.29, 1.82) is 0 Å². The molecule has 0 aliphatic heterocycles. The van der Waals surface area contributed by atoms with E-state index in [2.05, 4.69) is 60.7 Å². The van der Waals surface area contributed by atoms with Gasteiger partial charge in [-0.05, 0) is 47.2 Å². The van der Waals surface area contributed by atoms with Gasteiger partial charge in [-0.15, -0.1) is 0 Å². The second-order valence-corrected chi connectivity index (χ2v) is 5.96. The zero-order valence-electron chi connectivity index (χ0n) is 10.3. The molecule has 1 aromatic carbocycles. The standard InChI is InChI=1S/C13H12BrFIN3/c1-2-5-17-13-11(16)7-18-12(19-13)9-6-8(15)3-4-10(9)14/h3-4,6-7H,2,5H2,1H3,(H,17,18,19). The third-order valence-electron chi connectivity index (χ3n) is 2.46. The van der Waals surface area contributed by atoms with Gasteiger partial charge in [0.05, 0.1) is 3.57 Å². The normalized spacial score (nSPS) is 10.5. The highest BCUT2D eigenvalue weighted by molar-refractivity contribution is 14.1. The molecule has 0 saturated heterocycles. The number of anilines is 1. The Morgan fingerprint density at radius 1 is 1.42 bits per heavy atom. The first kappa shape index (κ1) is 14.6. The van der Waals surface area contributed by atoms with Crippen LogP contribution in [0.1, 0.15) is 13.3 Å². The Hall–Kier alpha value is -0.760. The van der Waals surface area contributed by atoms with Gasteiger partial charge in [0.2, 0.25) is 0 Å². The van der Waals surface area contributed by atoms with Gasteiger partial charge < -0.3 is 5.32 Å². The summed E-state index contributed by atoms with van der Waals surface area (Å²) in [5, 5.41) is 3.24. The van der Waals surface area contributed by atoms with E-state index in [0.29, 0.717) is 11.4 Å². The van der Waals surface area contributed by atoms with E-state index in [1.54, 1.807) is 12.3 Å². The van der Waals surface area contributed by atoms with Gasteiger partial charge in [-0.25, -0.2) is 14.4 Å². The molecule has 0 atom stereocenters. The largest absolute Gasteiger partial charge is 0.369 e. The van der Waals surface area contributed by atoms with Crippen molar-refractivity contribution >= 4 is 44.3 Å². The van der Waals surface area contributed by atoms with Gasteiger partial charge in [0, 0.05) is 22.8 Å². The van der Waals surface area contributed by atoms with Crippen molar-refractivity contribution in [2.24, 2.45) is 0 Å². The molecule has 1 N–H and O–H groups in total. The number of nitrogens with one attached hydrogen (secondary N) is 1. The SMILES string of the molecule is CCCNc1nc(-c2cc(F)ccc2Br)ncc1I. The number of nitrogens with zero attached hydrogens (tertiary/aromatic N) is 2. The molecule has 100 valence electrons. The van der Waals surface area contributed by atoms with Crippen molar-refractivity contribution in [1.82, 2.24) is 9.97 Å². The Labute approximate surface area is 133 Å². The third kappa shape index (κ3) is 3.62. The van der Waals surface area contributed by atoms with Crippen molar-refractivity contribution in [3.8, 4) is 11.4 Å². The molecule has 0 aliphatic rings. The van der Waals surface area contributed by atoms with Crippen molar-refractivity contribution in [2.75, 3.05) is 11.9 Å². The summed E-state index contributed by atoms with van der Waals surface area (Å²) >= 11 is 5.57. The van der Waals surface area contributed by atoms with Crippen LogP contribution in [0, 0.1) is 9.39 Å². The Bertz CT molecular complexity index is 592. The van der Waals surface area contributed by atoms with Crippen LogP contribution in [0.3, 0.4) is 0 Å². The maximum absolute atomic E-state index is 13.3. The highest BCUT2D eigenvalue weighted by atomic mass is 127. The maximum atomic E-state index is 13.3. The molecule has 0 fully saturated rings. The van der Waals surface area contributed by atoms with E-state index in [0.717, 1.165) is 26.8 Å². The van der Waals surface area contributed by atoms with Gasteiger partial charge in [-0.1, -0.05) is 22.9 Å². The fourth-order valence-electron chi connectivity index (χ4n) is 1.53. The van der Waals surface area contributed by atoms with E-state index in [9.17, 15) is 4.39 Å². The average Bonchev–Trinajstić information content (AvgIpc) is 2.41. The summed E-state index contributed by atoms with van der Waals surface area (Å²) < 4.78 is 15.0. The van der Waals surface area contributed by atoms with Crippen molar-refractivity contribution < 1.29 is 4.39 Å². The Morgan fingerprint density at radius 3 is 2.95 bits per heavy atom. The molecule has 0 aliphatic carbocycles. The molecule has 0 unspecified atom stereocenters. The second kappa shape index (κ2) is 6.60. The van der Waals surface area contributed by atoms with Crippen LogP contribution in [-0.4, -0.2) is 16.5 Å². The lowest BCUT2D eigenvalue weighted by Crippen LogP contribution is -2.05. The van der Waals surface area contributed by atoms with Crippen LogP contribution in [0.4, 0.5) is 10.2 Å². The number of hydrogen-bond acceptors (Lipinski definition) is 3. The van der Waals surface area contributed by atoms with Gasteiger partial charge in [-0.2, -0.15) is 0 Å². The predicted molar refractivity (Wildman–Crippen MR) is 86.6 cm³/mol. The van der Waals surface area contributed by atoms with E-state index in [1.165, 1.54) is 12.1 Å². The monoisotopic (exact) mass is 435 g/mol. The van der Waals surface area contributed by atoms with E-state index >= 15 is 0 Å². The van der Waals surface area contributed by atoms with Gasteiger partial charge >= 0.3 is 0 Å². The molecule has 6 heteroatoms. The minimum Gasteiger partial charge on any atom is -0.369 e. The lowest BCUT2D eigenvalue weighted by molar-refractivity contribution is 0.628. The first-order valence-electron chi connectivity index (χ1n) is 5.83. The number of rotatable bonds is 4. The van der Waals surface area contributed by atoms with Gasteiger partial charge in [0.1, 0.15) is 11.6 Å². The Morgan fingerprint density at radius 2 is 2.21 bits per heavy atom. The van der Waals surface area contributed by atoms with E-state index in [1.807, 2.05) is 0 Å². The molecule has 2 aromatic rings. The fourth-order valence-corrected chi connectivity index (χ4v) is 2.41. The third-order valence-corrected chi connectivity index (χ3v) is 3.94. The smallest absolute Gasteiger partial charge is 0.162 e. The maximum Gasteiger partial charge on any atom is 0.162 e. The lowest BCUT2D eigenvalue weighted by Gasteiger charge is -2.09.